The Morgan fingerprint density at radius 2 is 2.21 bits per heavy atom. The molecule has 0 aliphatic carbocycles. The number of fused-ring (bicyclic) bond motifs is 1. The van der Waals surface area contributed by atoms with Crippen molar-refractivity contribution in [3.8, 4) is 17.7 Å². The topological polar surface area (TPSA) is 76.6 Å². The molecule has 0 aliphatic heterocycles. The normalized spacial score (nSPS) is 10.3. The summed E-state index contributed by atoms with van der Waals surface area (Å²) in [6.45, 7) is 0. The minimum atomic E-state index is 0.424. The molecule has 0 unspecified atom stereocenters. The number of aromatic nitrogens is 4. The average Bonchev–Trinajstić information content (AvgIpc) is 2.82. The van der Waals surface area contributed by atoms with E-state index in [-0.39, 0.29) is 0 Å². The van der Waals surface area contributed by atoms with E-state index in [1.807, 2.05) is 0 Å². The number of nitriles is 1. The third-order valence-corrected chi connectivity index (χ3v) is 2.67. The summed E-state index contributed by atoms with van der Waals surface area (Å²) in [5.74, 6) is 0.982. The summed E-state index contributed by atoms with van der Waals surface area (Å²) in [4.78, 5) is 8.24. The summed E-state index contributed by atoms with van der Waals surface area (Å²) in [5, 5.41) is 13.7. The Labute approximate surface area is 108 Å². The van der Waals surface area contributed by atoms with Crippen LogP contribution in [-0.4, -0.2) is 19.7 Å². The Morgan fingerprint density at radius 1 is 1.32 bits per heavy atom. The zero-order chi connectivity index (χ0) is 13.2. The molecule has 0 bridgehead atoms. The summed E-state index contributed by atoms with van der Waals surface area (Å²) in [7, 11) is 1.80. The molecule has 92 valence electrons. The first-order valence-corrected chi connectivity index (χ1v) is 5.58. The van der Waals surface area contributed by atoms with Gasteiger partial charge in [-0.05, 0) is 18.2 Å². The number of benzene rings is 1. The van der Waals surface area contributed by atoms with Crippen LogP contribution in [0.15, 0.2) is 36.8 Å². The summed E-state index contributed by atoms with van der Waals surface area (Å²) in [6, 6.07) is 8.97. The van der Waals surface area contributed by atoms with Crippen LogP contribution in [0.4, 0.5) is 0 Å². The van der Waals surface area contributed by atoms with Crippen LogP contribution in [0.25, 0.3) is 11.0 Å². The predicted octanol–water partition coefficient (Wildman–Crippen LogP) is 2.03. The molecule has 6 nitrogen and oxygen atoms in total. The van der Waals surface area contributed by atoms with Crippen LogP contribution >= 0.6 is 0 Å². The van der Waals surface area contributed by atoms with Crippen molar-refractivity contribution in [2.45, 2.75) is 0 Å². The Morgan fingerprint density at radius 3 is 3.05 bits per heavy atom. The van der Waals surface area contributed by atoms with Gasteiger partial charge >= 0.3 is 0 Å². The molecule has 0 spiro atoms. The third-order valence-electron chi connectivity index (χ3n) is 2.67. The zero-order valence-electron chi connectivity index (χ0n) is 10.1. The Hall–Kier alpha value is -2.94. The molecule has 0 aliphatic rings. The van der Waals surface area contributed by atoms with E-state index in [2.05, 4.69) is 21.1 Å². The number of aryl methyl sites for hydroxylation is 1. The number of ether oxygens (including phenoxy) is 1. The molecule has 2 heterocycles. The van der Waals surface area contributed by atoms with E-state index < -0.39 is 0 Å². The molecule has 2 aromatic heterocycles. The van der Waals surface area contributed by atoms with Gasteiger partial charge in [0.15, 0.2) is 5.65 Å². The van der Waals surface area contributed by atoms with E-state index in [1.54, 1.807) is 42.2 Å². The maximum Gasteiger partial charge on any atom is 0.233 e. The summed E-state index contributed by atoms with van der Waals surface area (Å²) in [6.07, 6.45) is 3.08. The van der Waals surface area contributed by atoms with Crippen molar-refractivity contribution in [3.05, 3.63) is 42.4 Å². The van der Waals surface area contributed by atoms with Crippen LogP contribution in [0.5, 0.6) is 11.6 Å². The maximum atomic E-state index is 8.86. The molecule has 6 heteroatoms. The second kappa shape index (κ2) is 4.38. The highest BCUT2D eigenvalue weighted by molar-refractivity contribution is 5.79. The van der Waals surface area contributed by atoms with E-state index in [9.17, 15) is 0 Å². The first-order valence-electron chi connectivity index (χ1n) is 5.58. The van der Waals surface area contributed by atoms with Gasteiger partial charge in [-0.2, -0.15) is 10.4 Å². The lowest BCUT2D eigenvalue weighted by Crippen LogP contribution is -1.94. The lowest BCUT2D eigenvalue weighted by molar-refractivity contribution is 0.468. The quantitative estimate of drug-likeness (QED) is 0.696. The van der Waals surface area contributed by atoms with Crippen molar-refractivity contribution in [1.82, 2.24) is 19.7 Å². The molecule has 0 atom stereocenters. The van der Waals surface area contributed by atoms with Crippen molar-refractivity contribution >= 4 is 11.0 Å². The lowest BCUT2D eigenvalue weighted by Gasteiger charge is -2.05. The molecule has 0 saturated carbocycles. The van der Waals surface area contributed by atoms with Crippen molar-refractivity contribution in [3.63, 3.8) is 0 Å². The summed E-state index contributed by atoms with van der Waals surface area (Å²) < 4.78 is 7.34. The minimum absolute atomic E-state index is 0.424. The molecule has 1 aromatic carbocycles. The van der Waals surface area contributed by atoms with Gasteiger partial charge in [0.25, 0.3) is 0 Å². The van der Waals surface area contributed by atoms with Crippen LogP contribution in [0.3, 0.4) is 0 Å². The molecule has 0 fully saturated rings. The average molecular weight is 251 g/mol. The van der Waals surface area contributed by atoms with Gasteiger partial charge in [0.2, 0.25) is 5.88 Å². The van der Waals surface area contributed by atoms with Gasteiger partial charge in [0.05, 0.1) is 17.8 Å². The van der Waals surface area contributed by atoms with Gasteiger partial charge in [-0.3, -0.25) is 4.68 Å². The summed E-state index contributed by atoms with van der Waals surface area (Å²) in [5.41, 5.74) is 1.23. The fraction of sp³-hybridized carbons (Fsp3) is 0.0769. The lowest BCUT2D eigenvalue weighted by atomic mass is 10.2. The number of hydrogen-bond acceptors (Lipinski definition) is 5. The molecule has 0 amide bonds. The summed E-state index contributed by atoms with van der Waals surface area (Å²) >= 11 is 0. The highest BCUT2D eigenvalue weighted by Crippen LogP contribution is 2.26. The van der Waals surface area contributed by atoms with E-state index in [0.717, 1.165) is 5.39 Å². The van der Waals surface area contributed by atoms with Gasteiger partial charge in [0.1, 0.15) is 17.5 Å². The second-order valence-corrected chi connectivity index (χ2v) is 3.93. The molecular weight excluding hydrogens is 242 g/mol. The monoisotopic (exact) mass is 251 g/mol. The van der Waals surface area contributed by atoms with Crippen molar-refractivity contribution in [2.24, 2.45) is 7.05 Å². The Balaban J connectivity index is 2.03. The maximum absolute atomic E-state index is 8.86. The van der Waals surface area contributed by atoms with Crippen LogP contribution in [0.2, 0.25) is 0 Å². The minimum Gasteiger partial charge on any atom is -0.438 e. The van der Waals surface area contributed by atoms with E-state index in [0.29, 0.717) is 22.8 Å². The highest BCUT2D eigenvalue weighted by Gasteiger charge is 2.09. The van der Waals surface area contributed by atoms with E-state index in [1.165, 1.54) is 6.33 Å². The Kier molecular flexibility index (Phi) is 2.58. The van der Waals surface area contributed by atoms with Gasteiger partial charge < -0.3 is 4.74 Å². The Bertz CT molecular complexity index is 787. The second-order valence-electron chi connectivity index (χ2n) is 3.93. The zero-order valence-corrected chi connectivity index (χ0v) is 10.1. The van der Waals surface area contributed by atoms with Gasteiger partial charge in [-0.15, -0.1) is 0 Å². The molecule has 0 radical (unpaired) electrons. The molecular formula is C13H9N5O. The first kappa shape index (κ1) is 11.2. The van der Waals surface area contributed by atoms with E-state index in [4.69, 9.17) is 10.00 Å². The fourth-order valence-electron chi connectivity index (χ4n) is 1.76. The van der Waals surface area contributed by atoms with Crippen molar-refractivity contribution in [2.75, 3.05) is 0 Å². The molecule has 0 saturated heterocycles. The largest absolute Gasteiger partial charge is 0.438 e. The smallest absolute Gasteiger partial charge is 0.233 e. The standard InChI is InChI=1S/C13H9N5O/c1-18-12-11(7-17-18)13(16-8-15-12)19-10-4-2-3-9(5-10)6-14/h2-5,7-8H,1H3. The van der Waals surface area contributed by atoms with Crippen LogP contribution in [0, 0.1) is 11.3 Å². The van der Waals surface area contributed by atoms with Crippen LogP contribution in [0.1, 0.15) is 5.56 Å². The van der Waals surface area contributed by atoms with E-state index >= 15 is 0 Å². The predicted molar refractivity (Wildman–Crippen MR) is 67.5 cm³/mol. The fourth-order valence-corrected chi connectivity index (χ4v) is 1.76. The van der Waals surface area contributed by atoms with Gasteiger partial charge in [-0.1, -0.05) is 6.07 Å². The first-order chi connectivity index (χ1) is 9.28. The number of rotatable bonds is 2. The van der Waals surface area contributed by atoms with Crippen molar-refractivity contribution < 1.29 is 4.74 Å². The molecule has 0 N–H and O–H groups in total. The highest BCUT2D eigenvalue weighted by atomic mass is 16.5. The van der Waals surface area contributed by atoms with Crippen LogP contribution in [-0.2, 0) is 7.05 Å². The SMILES string of the molecule is Cn1ncc2c(Oc3cccc(C#N)c3)ncnc21. The molecule has 3 aromatic rings. The third kappa shape index (κ3) is 1.98. The van der Waals surface area contributed by atoms with Crippen molar-refractivity contribution in [1.29, 1.82) is 5.26 Å². The van der Waals surface area contributed by atoms with Gasteiger partial charge in [0, 0.05) is 7.05 Å². The van der Waals surface area contributed by atoms with Gasteiger partial charge in [-0.25, -0.2) is 9.97 Å². The molecule has 19 heavy (non-hydrogen) atoms. The van der Waals surface area contributed by atoms with Crippen LogP contribution < -0.4 is 4.74 Å². The molecule has 3 rings (SSSR count). The number of hydrogen-bond donors (Lipinski definition) is 0. The number of nitrogens with zero attached hydrogens (tertiary/aromatic N) is 5.